The fourth-order valence-corrected chi connectivity index (χ4v) is 3.13. The Morgan fingerprint density at radius 3 is 2.50 bits per heavy atom. The van der Waals surface area contributed by atoms with Gasteiger partial charge in [0, 0.05) is 18.2 Å². The Morgan fingerprint density at radius 2 is 1.65 bits per heavy atom. The topological polar surface area (TPSA) is 17.8 Å². The van der Waals surface area contributed by atoms with Crippen molar-refractivity contribution in [3.8, 4) is 22.6 Å². The zero-order valence-corrected chi connectivity index (χ0v) is 11.5. The maximum atomic E-state index is 4.88. The Hall–Kier alpha value is -2.35. The molecule has 1 heterocycles. The molecule has 0 saturated heterocycles. The van der Waals surface area contributed by atoms with Crippen molar-refractivity contribution in [3.63, 3.8) is 0 Å². The summed E-state index contributed by atoms with van der Waals surface area (Å²) in [5, 5.41) is 0. The lowest BCUT2D eigenvalue weighted by Gasteiger charge is -2.16. The molecule has 98 valence electrons. The lowest BCUT2D eigenvalue weighted by molar-refractivity contribution is 0.887. The fraction of sp³-hybridized carbons (Fsp3) is 0.167. The SMILES string of the molecule is Cn1c(-c2ccccc2)nc2c1-c1ccccc1CC2. The summed E-state index contributed by atoms with van der Waals surface area (Å²) in [6.07, 6.45) is 2.13. The monoisotopic (exact) mass is 260 g/mol. The summed E-state index contributed by atoms with van der Waals surface area (Å²) in [5.41, 5.74) is 6.46. The number of aromatic nitrogens is 2. The molecule has 2 heteroatoms. The van der Waals surface area contributed by atoms with Crippen LogP contribution in [0, 0.1) is 0 Å². The van der Waals surface area contributed by atoms with Crippen LogP contribution in [0.3, 0.4) is 0 Å². The largest absolute Gasteiger partial charge is 0.327 e. The Labute approximate surface area is 118 Å². The molecule has 0 spiro atoms. The van der Waals surface area contributed by atoms with E-state index >= 15 is 0 Å². The van der Waals surface area contributed by atoms with E-state index in [2.05, 4.69) is 60.1 Å². The number of fused-ring (bicyclic) bond motifs is 3. The highest BCUT2D eigenvalue weighted by atomic mass is 15.1. The van der Waals surface area contributed by atoms with Crippen LogP contribution in [0.5, 0.6) is 0 Å². The number of nitrogens with zero attached hydrogens (tertiary/aromatic N) is 2. The van der Waals surface area contributed by atoms with Gasteiger partial charge in [-0.05, 0) is 18.4 Å². The van der Waals surface area contributed by atoms with Crippen molar-refractivity contribution in [1.82, 2.24) is 9.55 Å². The van der Waals surface area contributed by atoms with E-state index < -0.39 is 0 Å². The second-order valence-electron chi connectivity index (χ2n) is 5.31. The quantitative estimate of drug-likeness (QED) is 0.649. The van der Waals surface area contributed by atoms with E-state index in [1.165, 1.54) is 28.1 Å². The van der Waals surface area contributed by atoms with Crippen LogP contribution in [-0.2, 0) is 19.9 Å². The number of hydrogen-bond donors (Lipinski definition) is 0. The molecule has 1 aliphatic carbocycles. The third-order valence-electron chi connectivity index (χ3n) is 4.10. The number of aryl methyl sites for hydroxylation is 2. The second-order valence-corrected chi connectivity index (χ2v) is 5.31. The van der Waals surface area contributed by atoms with Gasteiger partial charge < -0.3 is 4.57 Å². The van der Waals surface area contributed by atoms with E-state index in [1.807, 2.05) is 6.07 Å². The summed E-state index contributed by atoms with van der Waals surface area (Å²) in [4.78, 5) is 4.88. The van der Waals surface area contributed by atoms with Gasteiger partial charge in [0.15, 0.2) is 0 Å². The molecule has 0 fully saturated rings. The molecule has 2 nitrogen and oxygen atoms in total. The number of hydrogen-bond acceptors (Lipinski definition) is 1. The molecule has 0 radical (unpaired) electrons. The Bertz CT molecular complexity index is 769. The van der Waals surface area contributed by atoms with Gasteiger partial charge >= 0.3 is 0 Å². The summed E-state index contributed by atoms with van der Waals surface area (Å²) in [6.45, 7) is 0. The Balaban J connectivity index is 1.95. The van der Waals surface area contributed by atoms with Crippen molar-refractivity contribution in [2.75, 3.05) is 0 Å². The first-order chi connectivity index (χ1) is 9.84. The van der Waals surface area contributed by atoms with Crippen LogP contribution in [-0.4, -0.2) is 9.55 Å². The van der Waals surface area contributed by atoms with Gasteiger partial charge in [-0.3, -0.25) is 0 Å². The molecular weight excluding hydrogens is 244 g/mol. The van der Waals surface area contributed by atoms with Crippen LogP contribution >= 0.6 is 0 Å². The molecular formula is C18H16N2. The molecule has 1 aliphatic rings. The highest BCUT2D eigenvalue weighted by Gasteiger charge is 2.22. The smallest absolute Gasteiger partial charge is 0.140 e. The highest BCUT2D eigenvalue weighted by Crippen LogP contribution is 2.35. The summed E-state index contributed by atoms with van der Waals surface area (Å²) >= 11 is 0. The van der Waals surface area contributed by atoms with Crippen LogP contribution in [0.15, 0.2) is 54.6 Å². The van der Waals surface area contributed by atoms with Crippen LogP contribution in [0.4, 0.5) is 0 Å². The molecule has 2 aromatic carbocycles. The summed E-state index contributed by atoms with van der Waals surface area (Å²) in [5.74, 6) is 1.06. The molecule has 3 aromatic rings. The van der Waals surface area contributed by atoms with Gasteiger partial charge in [-0.2, -0.15) is 0 Å². The number of rotatable bonds is 1. The predicted octanol–water partition coefficient (Wildman–Crippen LogP) is 3.85. The third-order valence-corrected chi connectivity index (χ3v) is 4.10. The van der Waals surface area contributed by atoms with Crippen molar-refractivity contribution >= 4 is 0 Å². The zero-order chi connectivity index (χ0) is 13.5. The zero-order valence-electron chi connectivity index (χ0n) is 11.5. The summed E-state index contributed by atoms with van der Waals surface area (Å²) < 4.78 is 2.24. The third kappa shape index (κ3) is 1.61. The van der Waals surface area contributed by atoms with Crippen molar-refractivity contribution in [2.24, 2.45) is 7.05 Å². The van der Waals surface area contributed by atoms with Crippen LogP contribution < -0.4 is 0 Å². The van der Waals surface area contributed by atoms with E-state index in [-0.39, 0.29) is 0 Å². The molecule has 0 atom stereocenters. The van der Waals surface area contributed by atoms with Gasteiger partial charge in [0.05, 0.1) is 11.4 Å². The minimum atomic E-state index is 1.03. The van der Waals surface area contributed by atoms with E-state index in [1.54, 1.807) is 0 Å². The van der Waals surface area contributed by atoms with Gasteiger partial charge in [0.25, 0.3) is 0 Å². The molecule has 0 bridgehead atoms. The lowest BCUT2D eigenvalue weighted by Crippen LogP contribution is -2.05. The average molecular weight is 260 g/mol. The Kier molecular flexibility index (Phi) is 2.49. The second kappa shape index (κ2) is 4.34. The van der Waals surface area contributed by atoms with Crippen molar-refractivity contribution in [3.05, 3.63) is 65.9 Å². The minimum absolute atomic E-state index is 1.03. The van der Waals surface area contributed by atoms with Gasteiger partial charge in [-0.1, -0.05) is 54.6 Å². The molecule has 0 unspecified atom stereocenters. The maximum absolute atomic E-state index is 4.88. The number of imidazole rings is 1. The lowest BCUT2D eigenvalue weighted by atomic mass is 9.92. The van der Waals surface area contributed by atoms with E-state index in [9.17, 15) is 0 Å². The van der Waals surface area contributed by atoms with Gasteiger partial charge in [0.1, 0.15) is 5.82 Å². The molecule has 0 amide bonds. The van der Waals surface area contributed by atoms with Gasteiger partial charge in [-0.15, -0.1) is 0 Å². The van der Waals surface area contributed by atoms with E-state index in [0.29, 0.717) is 0 Å². The highest BCUT2D eigenvalue weighted by molar-refractivity contribution is 5.73. The van der Waals surface area contributed by atoms with Crippen molar-refractivity contribution in [2.45, 2.75) is 12.8 Å². The fourth-order valence-electron chi connectivity index (χ4n) is 3.13. The average Bonchev–Trinajstić information content (AvgIpc) is 2.86. The predicted molar refractivity (Wildman–Crippen MR) is 81.5 cm³/mol. The van der Waals surface area contributed by atoms with Gasteiger partial charge in [-0.25, -0.2) is 4.98 Å². The molecule has 0 saturated carbocycles. The van der Waals surface area contributed by atoms with E-state index in [0.717, 1.165) is 18.7 Å². The molecule has 0 aliphatic heterocycles. The summed E-state index contributed by atoms with van der Waals surface area (Å²) in [6, 6.07) is 19.1. The van der Waals surface area contributed by atoms with E-state index in [4.69, 9.17) is 4.98 Å². The van der Waals surface area contributed by atoms with Crippen LogP contribution in [0.1, 0.15) is 11.3 Å². The first kappa shape index (κ1) is 11.5. The van der Waals surface area contributed by atoms with Crippen LogP contribution in [0.25, 0.3) is 22.6 Å². The molecule has 20 heavy (non-hydrogen) atoms. The molecule has 4 rings (SSSR count). The maximum Gasteiger partial charge on any atom is 0.140 e. The normalized spacial score (nSPS) is 12.8. The summed E-state index contributed by atoms with van der Waals surface area (Å²) in [7, 11) is 2.12. The molecule has 0 N–H and O–H groups in total. The van der Waals surface area contributed by atoms with Crippen molar-refractivity contribution < 1.29 is 0 Å². The first-order valence-corrected chi connectivity index (χ1v) is 7.04. The molecule has 1 aromatic heterocycles. The first-order valence-electron chi connectivity index (χ1n) is 7.04. The minimum Gasteiger partial charge on any atom is -0.327 e. The van der Waals surface area contributed by atoms with Gasteiger partial charge in [0.2, 0.25) is 0 Å². The number of benzene rings is 2. The van der Waals surface area contributed by atoms with Crippen molar-refractivity contribution in [1.29, 1.82) is 0 Å². The standard InChI is InChI=1S/C18H16N2/c1-20-17-15-10-6-5-7-13(15)11-12-16(17)19-18(20)14-8-3-2-4-9-14/h2-10H,11-12H2,1H3. The van der Waals surface area contributed by atoms with Crippen LogP contribution in [0.2, 0.25) is 0 Å². The Morgan fingerprint density at radius 1 is 0.900 bits per heavy atom.